The first-order valence-corrected chi connectivity index (χ1v) is 9.46. The molecule has 0 radical (unpaired) electrons. The summed E-state index contributed by atoms with van der Waals surface area (Å²) >= 11 is 0. The van der Waals surface area contributed by atoms with Gasteiger partial charge in [0, 0.05) is 49.0 Å². The number of hydrogen-bond acceptors (Lipinski definition) is 3. The van der Waals surface area contributed by atoms with E-state index in [9.17, 15) is 9.59 Å². The fraction of sp³-hybridized carbons (Fsp3) is 0.364. The highest BCUT2D eigenvalue weighted by atomic mass is 16.2. The lowest BCUT2D eigenvalue weighted by Crippen LogP contribution is -2.49. The summed E-state index contributed by atoms with van der Waals surface area (Å²) < 4.78 is 0. The summed E-state index contributed by atoms with van der Waals surface area (Å²) in [6, 6.07) is 15.4. The number of aryl methyl sites for hydroxylation is 1. The van der Waals surface area contributed by atoms with Gasteiger partial charge in [-0.1, -0.05) is 31.5 Å². The molecular weight excluding hydrogens is 338 g/mol. The van der Waals surface area contributed by atoms with Gasteiger partial charge >= 0.3 is 0 Å². The quantitative estimate of drug-likeness (QED) is 0.901. The van der Waals surface area contributed by atoms with E-state index in [1.165, 1.54) is 0 Å². The van der Waals surface area contributed by atoms with Crippen LogP contribution in [0.4, 0.5) is 11.4 Å². The van der Waals surface area contributed by atoms with E-state index in [2.05, 4.69) is 10.2 Å². The molecule has 5 heteroatoms. The van der Waals surface area contributed by atoms with Gasteiger partial charge < -0.3 is 15.1 Å². The summed E-state index contributed by atoms with van der Waals surface area (Å²) in [7, 11) is 0. The number of piperazine rings is 1. The Labute approximate surface area is 161 Å². The molecule has 5 nitrogen and oxygen atoms in total. The Morgan fingerprint density at radius 2 is 1.48 bits per heavy atom. The van der Waals surface area contributed by atoms with Gasteiger partial charge in [0.05, 0.1) is 0 Å². The number of benzene rings is 2. The van der Waals surface area contributed by atoms with Crippen LogP contribution in [0.1, 0.15) is 29.8 Å². The molecule has 1 saturated heterocycles. The maximum atomic E-state index is 12.3. The molecule has 1 fully saturated rings. The second-order valence-electron chi connectivity index (χ2n) is 7.33. The van der Waals surface area contributed by atoms with Crippen LogP contribution in [0.2, 0.25) is 0 Å². The van der Waals surface area contributed by atoms with Crippen molar-refractivity contribution < 1.29 is 9.59 Å². The molecule has 0 unspecified atom stereocenters. The SMILES string of the molecule is Cc1ccc(C(=O)Nc2ccc(N3CCN(C(=O)C(C)C)CC3)cc2)cc1. The molecule has 1 heterocycles. The van der Waals surface area contributed by atoms with Crippen molar-refractivity contribution in [1.29, 1.82) is 0 Å². The van der Waals surface area contributed by atoms with E-state index in [4.69, 9.17) is 0 Å². The minimum atomic E-state index is -0.108. The zero-order valence-corrected chi connectivity index (χ0v) is 16.2. The normalized spacial score (nSPS) is 14.4. The number of carbonyl (C=O) groups is 2. The Kier molecular flexibility index (Phi) is 5.79. The lowest BCUT2D eigenvalue weighted by molar-refractivity contribution is -0.134. The summed E-state index contributed by atoms with van der Waals surface area (Å²) in [6.07, 6.45) is 0. The van der Waals surface area contributed by atoms with E-state index >= 15 is 0 Å². The number of nitrogens with one attached hydrogen (secondary N) is 1. The molecule has 1 aliphatic rings. The Morgan fingerprint density at radius 3 is 2.04 bits per heavy atom. The second-order valence-corrected chi connectivity index (χ2v) is 7.33. The topological polar surface area (TPSA) is 52.7 Å². The largest absolute Gasteiger partial charge is 0.368 e. The van der Waals surface area contributed by atoms with Crippen molar-refractivity contribution in [2.24, 2.45) is 5.92 Å². The van der Waals surface area contributed by atoms with Crippen LogP contribution in [0.5, 0.6) is 0 Å². The third-order valence-corrected chi connectivity index (χ3v) is 4.89. The van der Waals surface area contributed by atoms with E-state index in [-0.39, 0.29) is 17.7 Å². The molecular formula is C22H27N3O2. The van der Waals surface area contributed by atoms with E-state index in [0.29, 0.717) is 5.56 Å². The maximum absolute atomic E-state index is 12.3. The highest BCUT2D eigenvalue weighted by Gasteiger charge is 2.22. The standard InChI is InChI=1S/C22H27N3O2/c1-16(2)22(27)25-14-12-24(13-15-25)20-10-8-19(9-11-20)23-21(26)18-6-4-17(3)5-7-18/h4-11,16H,12-15H2,1-3H3,(H,23,26). The highest BCUT2D eigenvalue weighted by Crippen LogP contribution is 2.20. The first-order chi connectivity index (χ1) is 12.9. The van der Waals surface area contributed by atoms with Crippen molar-refractivity contribution in [3.8, 4) is 0 Å². The van der Waals surface area contributed by atoms with Gasteiger partial charge in [-0.25, -0.2) is 0 Å². The van der Waals surface area contributed by atoms with Gasteiger partial charge in [-0.05, 0) is 43.3 Å². The maximum Gasteiger partial charge on any atom is 0.255 e. The van der Waals surface area contributed by atoms with Gasteiger partial charge in [0.1, 0.15) is 0 Å². The van der Waals surface area contributed by atoms with E-state index in [1.807, 2.05) is 74.2 Å². The van der Waals surface area contributed by atoms with Crippen molar-refractivity contribution >= 4 is 23.2 Å². The minimum absolute atomic E-state index is 0.0491. The molecule has 0 spiro atoms. The van der Waals surface area contributed by atoms with Crippen LogP contribution in [0, 0.1) is 12.8 Å². The summed E-state index contributed by atoms with van der Waals surface area (Å²) in [5.74, 6) is 0.167. The monoisotopic (exact) mass is 365 g/mol. The fourth-order valence-electron chi connectivity index (χ4n) is 3.21. The lowest BCUT2D eigenvalue weighted by Gasteiger charge is -2.37. The summed E-state index contributed by atoms with van der Waals surface area (Å²) in [5, 5.41) is 2.93. The molecule has 0 aliphatic carbocycles. The predicted octanol–water partition coefficient (Wildman–Crippen LogP) is 3.55. The number of carbonyl (C=O) groups excluding carboxylic acids is 2. The van der Waals surface area contributed by atoms with Crippen LogP contribution < -0.4 is 10.2 Å². The third kappa shape index (κ3) is 4.67. The molecule has 2 aromatic rings. The van der Waals surface area contributed by atoms with E-state index in [0.717, 1.165) is 43.1 Å². The summed E-state index contributed by atoms with van der Waals surface area (Å²) in [5.41, 5.74) is 3.67. The summed E-state index contributed by atoms with van der Waals surface area (Å²) in [4.78, 5) is 28.6. The Balaban J connectivity index is 1.57. The number of nitrogens with zero attached hydrogens (tertiary/aromatic N) is 2. The van der Waals surface area contributed by atoms with Crippen molar-refractivity contribution in [2.75, 3.05) is 36.4 Å². The molecule has 1 aliphatic heterocycles. The first-order valence-electron chi connectivity index (χ1n) is 9.46. The zero-order valence-electron chi connectivity index (χ0n) is 16.2. The Morgan fingerprint density at radius 1 is 0.889 bits per heavy atom. The van der Waals surface area contributed by atoms with E-state index in [1.54, 1.807) is 0 Å². The van der Waals surface area contributed by atoms with Crippen molar-refractivity contribution in [2.45, 2.75) is 20.8 Å². The Hall–Kier alpha value is -2.82. The molecule has 1 N–H and O–H groups in total. The summed E-state index contributed by atoms with van der Waals surface area (Å²) in [6.45, 7) is 9.04. The Bertz CT molecular complexity index is 789. The molecule has 142 valence electrons. The lowest BCUT2D eigenvalue weighted by atomic mass is 10.1. The van der Waals surface area contributed by atoms with Crippen LogP contribution in [0.25, 0.3) is 0 Å². The molecule has 0 aromatic heterocycles. The van der Waals surface area contributed by atoms with Gasteiger partial charge in [0.25, 0.3) is 5.91 Å². The van der Waals surface area contributed by atoms with Crippen molar-refractivity contribution in [3.63, 3.8) is 0 Å². The first kappa shape index (κ1) is 19.0. The van der Waals surface area contributed by atoms with Gasteiger partial charge in [-0.2, -0.15) is 0 Å². The number of amides is 2. The van der Waals surface area contributed by atoms with Crippen molar-refractivity contribution in [3.05, 3.63) is 59.7 Å². The molecule has 0 saturated carbocycles. The van der Waals surface area contributed by atoms with E-state index < -0.39 is 0 Å². The molecule has 3 rings (SSSR count). The van der Waals surface area contributed by atoms with Crippen LogP contribution in [-0.2, 0) is 4.79 Å². The number of rotatable bonds is 4. The average Bonchev–Trinajstić information content (AvgIpc) is 2.68. The van der Waals surface area contributed by atoms with Gasteiger partial charge in [-0.15, -0.1) is 0 Å². The minimum Gasteiger partial charge on any atom is -0.368 e. The average molecular weight is 365 g/mol. The molecule has 2 aromatic carbocycles. The van der Waals surface area contributed by atoms with Crippen LogP contribution in [0.3, 0.4) is 0 Å². The van der Waals surface area contributed by atoms with Gasteiger partial charge in [0.15, 0.2) is 0 Å². The highest BCUT2D eigenvalue weighted by molar-refractivity contribution is 6.04. The number of anilines is 2. The number of hydrogen-bond donors (Lipinski definition) is 1. The molecule has 0 atom stereocenters. The van der Waals surface area contributed by atoms with Crippen LogP contribution in [0.15, 0.2) is 48.5 Å². The van der Waals surface area contributed by atoms with Crippen LogP contribution in [-0.4, -0.2) is 42.9 Å². The third-order valence-electron chi connectivity index (χ3n) is 4.89. The van der Waals surface area contributed by atoms with Gasteiger partial charge in [0.2, 0.25) is 5.91 Å². The fourth-order valence-corrected chi connectivity index (χ4v) is 3.21. The molecule has 0 bridgehead atoms. The molecule has 27 heavy (non-hydrogen) atoms. The second kappa shape index (κ2) is 8.25. The van der Waals surface area contributed by atoms with Crippen molar-refractivity contribution in [1.82, 2.24) is 4.90 Å². The molecule has 2 amide bonds. The zero-order chi connectivity index (χ0) is 19.4. The van der Waals surface area contributed by atoms with Crippen LogP contribution >= 0.6 is 0 Å². The predicted molar refractivity (Wildman–Crippen MR) is 109 cm³/mol. The van der Waals surface area contributed by atoms with Gasteiger partial charge in [-0.3, -0.25) is 9.59 Å². The smallest absolute Gasteiger partial charge is 0.255 e.